The van der Waals surface area contributed by atoms with E-state index in [0.29, 0.717) is 35.2 Å². The Bertz CT molecular complexity index is 975. The average molecular weight is 378 g/mol. The molecule has 0 aliphatic rings. The molecular formula is C21H22N4O3. The van der Waals surface area contributed by atoms with E-state index in [-0.39, 0.29) is 5.97 Å². The van der Waals surface area contributed by atoms with Crippen LogP contribution >= 0.6 is 0 Å². The number of nitrogens with one attached hydrogen (secondary N) is 2. The first kappa shape index (κ1) is 19.2. The summed E-state index contributed by atoms with van der Waals surface area (Å²) in [5.74, 6) is 1.46. The first-order valence-electron chi connectivity index (χ1n) is 8.87. The Morgan fingerprint density at radius 1 is 1.00 bits per heavy atom. The van der Waals surface area contributed by atoms with Crippen LogP contribution in [0.1, 0.15) is 22.8 Å². The third-order valence-corrected chi connectivity index (χ3v) is 3.97. The molecule has 0 amide bonds. The normalized spacial score (nSPS) is 10.2. The Hall–Kier alpha value is -3.61. The molecule has 28 heavy (non-hydrogen) atoms. The zero-order valence-corrected chi connectivity index (χ0v) is 16.0. The summed E-state index contributed by atoms with van der Waals surface area (Å²) in [5, 5.41) is 6.40. The molecule has 0 bridgehead atoms. The molecule has 7 heteroatoms. The number of benzene rings is 2. The van der Waals surface area contributed by atoms with Gasteiger partial charge in [-0.2, -0.15) is 0 Å². The summed E-state index contributed by atoms with van der Waals surface area (Å²) in [7, 11) is 1.62. The third-order valence-electron chi connectivity index (χ3n) is 3.97. The molecule has 3 aromatic rings. The molecule has 144 valence electrons. The fourth-order valence-corrected chi connectivity index (χ4v) is 2.67. The lowest BCUT2D eigenvalue weighted by atomic mass is 10.2. The smallest absolute Gasteiger partial charge is 0.340 e. The number of aromatic nitrogens is 2. The van der Waals surface area contributed by atoms with Crippen molar-refractivity contribution in [2.24, 2.45) is 0 Å². The second-order valence-electron chi connectivity index (χ2n) is 6.01. The molecule has 1 heterocycles. The largest absolute Gasteiger partial charge is 0.495 e. The molecule has 3 rings (SSSR count). The number of anilines is 4. The molecule has 0 saturated carbocycles. The van der Waals surface area contributed by atoms with E-state index in [1.165, 1.54) is 6.33 Å². The molecule has 0 radical (unpaired) electrons. The van der Waals surface area contributed by atoms with Gasteiger partial charge in [-0.3, -0.25) is 0 Å². The van der Waals surface area contributed by atoms with Crippen LogP contribution in [0.2, 0.25) is 0 Å². The molecule has 0 saturated heterocycles. The summed E-state index contributed by atoms with van der Waals surface area (Å²) in [6.45, 7) is 4.09. The standard InChI is InChI=1S/C21H22N4O3/c1-4-28-21(26)15-7-5-6-8-16(15)24-19-12-20(23-13-22-19)25-17-11-14(2)9-10-18(17)27-3/h5-13H,4H2,1-3H3,(H2,22,23,24,25). The van der Waals surface area contributed by atoms with E-state index in [1.807, 2.05) is 31.2 Å². The zero-order valence-electron chi connectivity index (χ0n) is 16.0. The summed E-state index contributed by atoms with van der Waals surface area (Å²) in [6, 6.07) is 14.7. The Kier molecular flexibility index (Phi) is 6.06. The van der Waals surface area contributed by atoms with Crippen LogP contribution < -0.4 is 15.4 Å². The van der Waals surface area contributed by atoms with Gasteiger partial charge in [-0.15, -0.1) is 0 Å². The Labute approximate surface area is 163 Å². The molecule has 2 aromatic carbocycles. The van der Waals surface area contributed by atoms with Crippen LogP contribution in [0.25, 0.3) is 0 Å². The minimum Gasteiger partial charge on any atom is -0.495 e. The number of nitrogens with zero attached hydrogens (tertiary/aromatic N) is 2. The summed E-state index contributed by atoms with van der Waals surface area (Å²) in [5.41, 5.74) is 2.95. The van der Waals surface area contributed by atoms with Gasteiger partial charge < -0.3 is 20.1 Å². The number of hydrogen-bond acceptors (Lipinski definition) is 7. The highest BCUT2D eigenvalue weighted by Crippen LogP contribution is 2.29. The lowest BCUT2D eigenvalue weighted by Crippen LogP contribution is -2.08. The number of rotatable bonds is 7. The van der Waals surface area contributed by atoms with E-state index in [0.717, 1.165) is 11.3 Å². The summed E-state index contributed by atoms with van der Waals surface area (Å²) < 4.78 is 10.5. The molecule has 0 spiro atoms. The number of aryl methyl sites for hydroxylation is 1. The highest BCUT2D eigenvalue weighted by molar-refractivity contribution is 5.96. The first-order chi connectivity index (χ1) is 13.6. The van der Waals surface area contributed by atoms with Crippen LogP contribution in [0, 0.1) is 6.92 Å². The second kappa shape index (κ2) is 8.85. The van der Waals surface area contributed by atoms with Crippen molar-refractivity contribution in [2.75, 3.05) is 24.4 Å². The van der Waals surface area contributed by atoms with Crippen LogP contribution in [-0.4, -0.2) is 29.7 Å². The number of carbonyl (C=O) groups is 1. The highest BCUT2D eigenvalue weighted by Gasteiger charge is 2.13. The van der Waals surface area contributed by atoms with Crippen LogP contribution in [0.3, 0.4) is 0 Å². The highest BCUT2D eigenvalue weighted by atomic mass is 16.5. The van der Waals surface area contributed by atoms with Gasteiger partial charge in [0.15, 0.2) is 0 Å². The second-order valence-corrected chi connectivity index (χ2v) is 6.01. The monoisotopic (exact) mass is 378 g/mol. The van der Waals surface area contributed by atoms with E-state index < -0.39 is 0 Å². The Morgan fingerprint density at radius 2 is 1.71 bits per heavy atom. The van der Waals surface area contributed by atoms with E-state index in [9.17, 15) is 4.79 Å². The van der Waals surface area contributed by atoms with Gasteiger partial charge in [0.2, 0.25) is 0 Å². The first-order valence-corrected chi connectivity index (χ1v) is 8.87. The summed E-state index contributed by atoms with van der Waals surface area (Å²) in [6.07, 6.45) is 1.44. The SMILES string of the molecule is CCOC(=O)c1ccccc1Nc1cc(Nc2cc(C)ccc2OC)ncn1. The topological polar surface area (TPSA) is 85.4 Å². The molecule has 2 N–H and O–H groups in total. The van der Waals surface area contributed by atoms with Crippen molar-refractivity contribution >= 4 is 29.0 Å². The van der Waals surface area contributed by atoms with Crippen molar-refractivity contribution in [1.29, 1.82) is 0 Å². The van der Waals surface area contributed by atoms with Crippen molar-refractivity contribution < 1.29 is 14.3 Å². The van der Waals surface area contributed by atoms with Gasteiger partial charge in [0.1, 0.15) is 23.7 Å². The van der Waals surface area contributed by atoms with Crippen LogP contribution in [0.15, 0.2) is 54.9 Å². The van der Waals surface area contributed by atoms with E-state index in [2.05, 4.69) is 20.6 Å². The molecule has 1 aromatic heterocycles. The number of carbonyl (C=O) groups excluding carboxylic acids is 1. The van der Waals surface area contributed by atoms with Gasteiger partial charge in [0, 0.05) is 6.07 Å². The number of para-hydroxylation sites is 1. The minimum absolute atomic E-state index is 0.313. The molecule has 0 atom stereocenters. The zero-order chi connectivity index (χ0) is 19.9. The van der Waals surface area contributed by atoms with Crippen molar-refractivity contribution in [3.63, 3.8) is 0 Å². The van der Waals surface area contributed by atoms with Crippen LogP contribution in [0.4, 0.5) is 23.0 Å². The Morgan fingerprint density at radius 3 is 2.43 bits per heavy atom. The van der Waals surface area contributed by atoms with Gasteiger partial charge in [0.05, 0.1) is 30.7 Å². The molecule has 0 unspecified atom stereocenters. The van der Waals surface area contributed by atoms with Crippen molar-refractivity contribution in [3.8, 4) is 5.75 Å². The van der Waals surface area contributed by atoms with Gasteiger partial charge in [0.25, 0.3) is 0 Å². The maximum atomic E-state index is 12.1. The summed E-state index contributed by atoms with van der Waals surface area (Å²) >= 11 is 0. The fourth-order valence-electron chi connectivity index (χ4n) is 2.67. The van der Waals surface area contributed by atoms with Gasteiger partial charge in [-0.25, -0.2) is 14.8 Å². The maximum absolute atomic E-state index is 12.1. The number of hydrogen-bond donors (Lipinski definition) is 2. The Balaban J connectivity index is 1.84. The van der Waals surface area contributed by atoms with Crippen molar-refractivity contribution in [2.45, 2.75) is 13.8 Å². The van der Waals surface area contributed by atoms with Crippen LogP contribution in [0.5, 0.6) is 5.75 Å². The maximum Gasteiger partial charge on any atom is 0.340 e. The number of esters is 1. The van der Waals surface area contributed by atoms with Crippen molar-refractivity contribution in [1.82, 2.24) is 9.97 Å². The molecule has 0 fully saturated rings. The molecule has 7 nitrogen and oxygen atoms in total. The fraction of sp³-hybridized carbons (Fsp3) is 0.190. The lowest BCUT2D eigenvalue weighted by Gasteiger charge is -2.13. The third kappa shape index (κ3) is 4.56. The number of methoxy groups -OCH3 is 1. The van der Waals surface area contributed by atoms with Crippen molar-refractivity contribution in [3.05, 3.63) is 66.0 Å². The lowest BCUT2D eigenvalue weighted by molar-refractivity contribution is 0.0527. The predicted octanol–water partition coefficient (Wildman–Crippen LogP) is 4.46. The van der Waals surface area contributed by atoms with Crippen LogP contribution in [-0.2, 0) is 4.74 Å². The quantitative estimate of drug-likeness (QED) is 0.587. The minimum atomic E-state index is -0.387. The predicted molar refractivity (Wildman–Crippen MR) is 109 cm³/mol. The van der Waals surface area contributed by atoms with Gasteiger partial charge >= 0.3 is 5.97 Å². The summed E-state index contributed by atoms with van der Waals surface area (Å²) in [4.78, 5) is 20.6. The van der Waals surface area contributed by atoms with E-state index in [4.69, 9.17) is 9.47 Å². The molecule has 0 aliphatic heterocycles. The molecular weight excluding hydrogens is 356 g/mol. The van der Waals surface area contributed by atoms with E-state index >= 15 is 0 Å². The van der Waals surface area contributed by atoms with Gasteiger partial charge in [-0.1, -0.05) is 18.2 Å². The van der Waals surface area contributed by atoms with Gasteiger partial charge in [-0.05, 0) is 43.7 Å². The number of ether oxygens (including phenoxy) is 2. The van der Waals surface area contributed by atoms with E-state index in [1.54, 1.807) is 38.3 Å². The average Bonchev–Trinajstić information content (AvgIpc) is 2.69. The molecule has 0 aliphatic carbocycles.